The van der Waals surface area contributed by atoms with Gasteiger partial charge in [-0.2, -0.15) is 0 Å². The summed E-state index contributed by atoms with van der Waals surface area (Å²) in [7, 11) is 0. The molecule has 0 aliphatic heterocycles. The summed E-state index contributed by atoms with van der Waals surface area (Å²) in [6.07, 6.45) is 1.59. The number of nitrogens with zero attached hydrogens (tertiary/aromatic N) is 1. The standard InChI is InChI=1S/C14H17ClN2O2/c1-10(2)16-8-11-4-3-5-13(15)14(11)18-9-12-6-7-17-19-12/h3-7,10,16H,8-9H2,1-2H3. The lowest BCUT2D eigenvalue weighted by atomic mass is 10.2. The molecule has 5 heteroatoms. The highest BCUT2D eigenvalue weighted by Crippen LogP contribution is 2.29. The molecule has 1 aromatic carbocycles. The SMILES string of the molecule is CC(C)NCc1cccc(Cl)c1OCc1ccno1. The molecule has 0 aliphatic carbocycles. The van der Waals surface area contributed by atoms with Gasteiger partial charge in [0.05, 0.1) is 11.2 Å². The van der Waals surface area contributed by atoms with Gasteiger partial charge in [-0.1, -0.05) is 42.7 Å². The van der Waals surface area contributed by atoms with E-state index in [0.717, 1.165) is 5.56 Å². The van der Waals surface area contributed by atoms with Crippen molar-refractivity contribution in [1.82, 2.24) is 10.5 Å². The number of para-hydroxylation sites is 1. The molecule has 0 fully saturated rings. The highest BCUT2D eigenvalue weighted by atomic mass is 35.5. The van der Waals surface area contributed by atoms with E-state index >= 15 is 0 Å². The number of rotatable bonds is 6. The van der Waals surface area contributed by atoms with Gasteiger partial charge >= 0.3 is 0 Å². The Morgan fingerprint density at radius 1 is 1.37 bits per heavy atom. The van der Waals surface area contributed by atoms with Crippen LogP contribution in [0.4, 0.5) is 0 Å². The monoisotopic (exact) mass is 280 g/mol. The fraction of sp³-hybridized carbons (Fsp3) is 0.357. The molecule has 1 heterocycles. The van der Waals surface area contributed by atoms with Crippen LogP contribution in [-0.2, 0) is 13.2 Å². The summed E-state index contributed by atoms with van der Waals surface area (Å²) < 4.78 is 10.7. The van der Waals surface area contributed by atoms with Crippen LogP contribution in [0.1, 0.15) is 25.2 Å². The lowest BCUT2D eigenvalue weighted by Gasteiger charge is -2.14. The van der Waals surface area contributed by atoms with E-state index in [4.69, 9.17) is 20.9 Å². The molecule has 0 bridgehead atoms. The van der Waals surface area contributed by atoms with Crippen LogP contribution in [0.5, 0.6) is 5.75 Å². The molecule has 0 spiro atoms. The van der Waals surface area contributed by atoms with Crippen LogP contribution in [0.25, 0.3) is 0 Å². The Morgan fingerprint density at radius 2 is 2.21 bits per heavy atom. The van der Waals surface area contributed by atoms with Crippen LogP contribution < -0.4 is 10.1 Å². The molecular weight excluding hydrogens is 264 g/mol. The Balaban J connectivity index is 2.08. The predicted octanol–water partition coefficient (Wildman–Crippen LogP) is 3.41. The van der Waals surface area contributed by atoms with Gasteiger partial charge in [-0.3, -0.25) is 0 Å². The average Bonchev–Trinajstić information content (AvgIpc) is 2.88. The largest absolute Gasteiger partial charge is 0.484 e. The van der Waals surface area contributed by atoms with Crippen molar-refractivity contribution < 1.29 is 9.26 Å². The first kappa shape index (κ1) is 13.9. The minimum Gasteiger partial charge on any atom is -0.484 e. The number of hydrogen-bond donors (Lipinski definition) is 1. The van der Waals surface area contributed by atoms with E-state index in [-0.39, 0.29) is 0 Å². The zero-order valence-corrected chi connectivity index (χ0v) is 11.8. The van der Waals surface area contributed by atoms with Crippen LogP contribution in [0, 0.1) is 0 Å². The third-order valence-electron chi connectivity index (χ3n) is 2.60. The molecule has 0 amide bonds. The van der Waals surface area contributed by atoms with Gasteiger partial charge in [0.1, 0.15) is 12.4 Å². The van der Waals surface area contributed by atoms with Gasteiger partial charge < -0.3 is 14.6 Å². The normalized spacial score (nSPS) is 10.9. The van der Waals surface area contributed by atoms with E-state index in [9.17, 15) is 0 Å². The molecular formula is C14H17ClN2O2. The van der Waals surface area contributed by atoms with Crippen LogP contribution in [-0.4, -0.2) is 11.2 Å². The maximum atomic E-state index is 6.19. The zero-order valence-electron chi connectivity index (χ0n) is 11.0. The van der Waals surface area contributed by atoms with Crippen molar-refractivity contribution in [2.24, 2.45) is 0 Å². The molecule has 0 unspecified atom stereocenters. The maximum Gasteiger partial charge on any atom is 0.174 e. The quantitative estimate of drug-likeness (QED) is 0.881. The second-order valence-corrected chi connectivity index (χ2v) is 4.94. The van der Waals surface area contributed by atoms with E-state index < -0.39 is 0 Å². The first-order valence-electron chi connectivity index (χ1n) is 6.20. The smallest absolute Gasteiger partial charge is 0.174 e. The summed E-state index contributed by atoms with van der Waals surface area (Å²) >= 11 is 6.19. The fourth-order valence-corrected chi connectivity index (χ4v) is 1.88. The van der Waals surface area contributed by atoms with Crippen molar-refractivity contribution in [1.29, 1.82) is 0 Å². The highest BCUT2D eigenvalue weighted by Gasteiger charge is 2.10. The summed E-state index contributed by atoms with van der Waals surface area (Å²) in [6, 6.07) is 7.90. The topological polar surface area (TPSA) is 47.3 Å². The van der Waals surface area contributed by atoms with Gasteiger partial charge in [-0.25, -0.2) is 0 Å². The lowest BCUT2D eigenvalue weighted by Crippen LogP contribution is -2.22. The first-order valence-corrected chi connectivity index (χ1v) is 6.57. The molecule has 102 valence electrons. The van der Waals surface area contributed by atoms with Crippen LogP contribution in [0.15, 0.2) is 35.0 Å². The Labute approximate surface area is 117 Å². The number of benzene rings is 1. The van der Waals surface area contributed by atoms with Gasteiger partial charge in [0, 0.05) is 24.2 Å². The molecule has 19 heavy (non-hydrogen) atoms. The van der Waals surface area contributed by atoms with Crippen molar-refractivity contribution in [3.63, 3.8) is 0 Å². The van der Waals surface area contributed by atoms with E-state index in [0.29, 0.717) is 35.7 Å². The van der Waals surface area contributed by atoms with E-state index in [2.05, 4.69) is 24.3 Å². The molecule has 0 aliphatic rings. The Hall–Kier alpha value is -1.52. The van der Waals surface area contributed by atoms with E-state index in [1.807, 2.05) is 18.2 Å². The number of ether oxygens (including phenoxy) is 1. The van der Waals surface area contributed by atoms with Gasteiger partial charge in [-0.15, -0.1) is 0 Å². The van der Waals surface area contributed by atoms with Gasteiger partial charge in [-0.05, 0) is 6.07 Å². The van der Waals surface area contributed by atoms with Gasteiger partial charge in [0.2, 0.25) is 0 Å². The molecule has 0 atom stereocenters. The maximum absolute atomic E-state index is 6.19. The van der Waals surface area contributed by atoms with Gasteiger partial charge in [0.15, 0.2) is 5.76 Å². The second-order valence-electron chi connectivity index (χ2n) is 4.53. The lowest BCUT2D eigenvalue weighted by molar-refractivity contribution is 0.247. The Morgan fingerprint density at radius 3 is 2.89 bits per heavy atom. The Kier molecular flexibility index (Phi) is 4.82. The van der Waals surface area contributed by atoms with Crippen molar-refractivity contribution >= 4 is 11.6 Å². The molecule has 0 saturated heterocycles. The number of hydrogen-bond acceptors (Lipinski definition) is 4. The summed E-state index contributed by atoms with van der Waals surface area (Å²) in [5, 5.41) is 7.59. The van der Waals surface area contributed by atoms with Crippen molar-refractivity contribution in [2.75, 3.05) is 0 Å². The summed E-state index contributed by atoms with van der Waals surface area (Å²) in [6.45, 7) is 5.22. The molecule has 1 N–H and O–H groups in total. The summed E-state index contributed by atoms with van der Waals surface area (Å²) in [5.74, 6) is 1.36. The number of nitrogens with one attached hydrogen (secondary N) is 1. The first-order chi connectivity index (χ1) is 9.16. The van der Waals surface area contributed by atoms with Crippen LogP contribution in [0.3, 0.4) is 0 Å². The van der Waals surface area contributed by atoms with Crippen molar-refractivity contribution in [2.45, 2.75) is 33.0 Å². The van der Waals surface area contributed by atoms with Crippen LogP contribution in [0.2, 0.25) is 5.02 Å². The van der Waals surface area contributed by atoms with E-state index in [1.54, 1.807) is 12.3 Å². The number of halogens is 1. The van der Waals surface area contributed by atoms with Crippen LogP contribution >= 0.6 is 11.6 Å². The zero-order chi connectivity index (χ0) is 13.7. The molecule has 4 nitrogen and oxygen atoms in total. The summed E-state index contributed by atoms with van der Waals surface area (Å²) in [4.78, 5) is 0. The minimum atomic E-state index is 0.318. The highest BCUT2D eigenvalue weighted by molar-refractivity contribution is 6.32. The fourth-order valence-electron chi connectivity index (χ4n) is 1.63. The molecule has 1 aromatic heterocycles. The molecule has 2 aromatic rings. The van der Waals surface area contributed by atoms with Crippen molar-refractivity contribution in [3.05, 3.63) is 46.8 Å². The molecule has 0 radical (unpaired) electrons. The third kappa shape index (κ3) is 3.98. The average molecular weight is 281 g/mol. The Bertz CT molecular complexity index is 512. The third-order valence-corrected chi connectivity index (χ3v) is 2.90. The molecule has 2 rings (SSSR count). The van der Waals surface area contributed by atoms with Crippen molar-refractivity contribution in [3.8, 4) is 5.75 Å². The minimum absolute atomic E-state index is 0.318. The number of aromatic nitrogens is 1. The van der Waals surface area contributed by atoms with E-state index in [1.165, 1.54) is 0 Å². The predicted molar refractivity (Wildman–Crippen MR) is 74.3 cm³/mol. The summed E-state index contributed by atoms with van der Waals surface area (Å²) in [5.41, 5.74) is 1.03. The second kappa shape index (κ2) is 6.59. The van der Waals surface area contributed by atoms with Gasteiger partial charge in [0.25, 0.3) is 0 Å². The molecule has 0 saturated carbocycles.